The van der Waals surface area contributed by atoms with E-state index in [0.29, 0.717) is 0 Å². The van der Waals surface area contributed by atoms with Gasteiger partial charge in [0.2, 0.25) is 0 Å². The number of rotatable bonds is 4. The number of carboxylic acids is 1. The molecule has 1 aromatic carbocycles. The molecule has 2 rings (SSSR count). The van der Waals surface area contributed by atoms with Gasteiger partial charge in [0.15, 0.2) is 0 Å². The average molecular weight is 363 g/mol. The van der Waals surface area contributed by atoms with Crippen LogP contribution in [-0.4, -0.2) is 35.3 Å². The number of hydrogen-bond acceptors (Lipinski definition) is 5. The van der Waals surface area contributed by atoms with Gasteiger partial charge in [-0.3, -0.25) is 14.9 Å². The number of nitrogens with zero attached hydrogens (tertiary/aromatic N) is 1. The minimum Gasteiger partial charge on any atom is -0.481 e. The molecule has 2 unspecified atom stereocenters. The molecule has 2 atom stereocenters. The molecule has 1 saturated heterocycles. The normalized spacial score (nSPS) is 24.8. The summed E-state index contributed by atoms with van der Waals surface area (Å²) in [6, 6.07) is 1.33. The SMILES string of the molecule is CC1(C(=O)O)COCC1Nc1cc(Br)c(F)cc1[N+](=O)[O-]. The van der Waals surface area contributed by atoms with Crippen molar-refractivity contribution in [1.29, 1.82) is 0 Å². The molecule has 114 valence electrons. The van der Waals surface area contributed by atoms with Crippen LogP contribution in [0.5, 0.6) is 0 Å². The Bertz CT molecular complexity index is 612. The maximum atomic E-state index is 13.4. The van der Waals surface area contributed by atoms with Crippen molar-refractivity contribution in [3.63, 3.8) is 0 Å². The van der Waals surface area contributed by atoms with Gasteiger partial charge >= 0.3 is 5.97 Å². The van der Waals surface area contributed by atoms with Gasteiger partial charge in [0.25, 0.3) is 5.69 Å². The van der Waals surface area contributed by atoms with Gasteiger partial charge in [-0.05, 0) is 28.9 Å². The van der Waals surface area contributed by atoms with Crippen LogP contribution in [0.25, 0.3) is 0 Å². The van der Waals surface area contributed by atoms with Gasteiger partial charge in [-0.2, -0.15) is 0 Å². The lowest BCUT2D eigenvalue weighted by Gasteiger charge is -2.26. The molecule has 1 aliphatic rings. The van der Waals surface area contributed by atoms with E-state index in [0.717, 1.165) is 6.07 Å². The maximum absolute atomic E-state index is 13.4. The molecule has 1 heterocycles. The molecular formula is C12H12BrFN2O5. The minimum absolute atomic E-state index is 0.00381. The summed E-state index contributed by atoms with van der Waals surface area (Å²) in [5, 5.41) is 23.1. The third kappa shape index (κ3) is 2.84. The molecule has 7 nitrogen and oxygen atoms in total. The molecule has 0 spiro atoms. The summed E-state index contributed by atoms with van der Waals surface area (Å²) in [5.74, 6) is -1.84. The van der Waals surface area contributed by atoms with Crippen molar-refractivity contribution in [3.8, 4) is 0 Å². The minimum atomic E-state index is -1.21. The Hall–Kier alpha value is -1.74. The fourth-order valence-electron chi connectivity index (χ4n) is 2.08. The average Bonchev–Trinajstić information content (AvgIpc) is 2.76. The van der Waals surface area contributed by atoms with Crippen LogP contribution in [0.4, 0.5) is 15.8 Å². The quantitative estimate of drug-likeness (QED) is 0.629. The number of anilines is 1. The predicted molar refractivity (Wildman–Crippen MR) is 74.7 cm³/mol. The Morgan fingerprint density at radius 3 is 2.90 bits per heavy atom. The Morgan fingerprint density at radius 1 is 1.67 bits per heavy atom. The topological polar surface area (TPSA) is 102 Å². The standard InChI is InChI=1S/C12H12BrFN2O5/c1-12(11(17)18)5-21-4-10(12)15-8-2-6(13)7(14)3-9(8)16(19)20/h2-3,10,15H,4-5H2,1H3,(H,17,18). The number of benzene rings is 1. The number of nitrogens with one attached hydrogen (secondary N) is 1. The largest absolute Gasteiger partial charge is 0.481 e. The lowest BCUT2D eigenvalue weighted by molar-refractivity contribution is -0.384. The van der Waals surface area contributed by atoms with Gasteiger partial charge in [0.1, 0.15) is 16.9 Å². The van der Waals surface area contributed by atoms with Crippen LogP contribution in [0.3, 0.4) is 0 Å². The van der Waals surface area contributed by atoms with E-state index in [2.05, 4.69) is 21.2 Å². The number of halogens is 2. The molecule has 0 aliphatic carbocycles. The highest BCUT2D eigenvalue weighted by Crippen LogP contribution is 2.36. The third-order valence-electron chi connectivity index (χ3n) is 3.51. The first-order chi connectivity index (χ1) is 9.75. The van der Waals surface area contributed by atoms with E-state index in [-0.39, 0.29) is 23.4 Å². The molecule has 0 bridgehead atoms. The van der Waals surface area contributed by atoms with Crippen LogP contribution >= 0.6 is 15.9 Å². The van der Waals surface area contributed by atoms with Crippen molar-refractivity contribution in [2.45, 2.75) is 13.0 Å². The molecule has 1 fully saturated rings. The molecule has 2 N–H and O–H groups in total. The lowest BCUT2D eigenvalue weighted by Crippen LogP contribution is -2.43. The Morgan fingerprint density at radius 2 is 2.33 bits per heavy atom. The number of carboxylic acid groups (broad SMARTS) is 1. The Balaban J connectivity index is 2.37. The molecule has 0 radical (unpaired) electrons. The van der Waals surface area contributed by atoms with Crippen LogP contribution in [0, 0.1) is 21.3 Å². The van der Waals surface area contributed by atoms with Crippen molar-refractivity contribution in [1.82, 2.24) is 0 Å². The summed E-state index contributed by atoms with van der Waals surface area (Å²) >= 11 is 2.95. The van der Waals surface area contributed by atoms with Crippen molar-refractivity contribution in [2.75, 3.05) is 18.5 Å². The van der Waals surface area contributed by atoms with Crippen molar-refractivity contribution >= 4 is 33.3 Å². The molecule has 1 aliphatic heterocycles. The second-order valence-corrected chi connectivity index (χ2v) is 5.83. The zero-order valence-electron chi connectivity index (χ0n) is 10.9. The van der Waals surface area contributed by atoms with E-state index < -0.39 is 33.9 Å². The summed E-state index contributed by atoms with van der Waals surface area (Å²) in [5.41, 5.74) is -1.64. The molecule has 21 heavy (non-hydrogen) atoms. The fourth-order valence-corrected chi connectivity index (χ4v) is 2.42. The van der Waals surface area contributed by atoms with Crippen molar-refractivity contribution < 1.29 is 24.0 Å². The zero-order valence-corrected chi connectivity index (χ0v) is 12.5. The van der Waals surface area contributed by atoms with E-state index in [1.165, 1.54) is 13.0 Å². The van der Waals surface area contributed by atoms with Crippen LogP contribution in [0.1, 0.15) is 6.92 Å². The number of carbonyl (C=O) groups is 1. The van der Waals surface area contributed by atoms with E-state index in [1.807, 2.05) is 0 Å². The van der Waals surface area contributed by atoms with E-state index >= 15 is 0 Å². The van der Waals surface area contributed by atoms with Crippen LogP contribution in [-0.2, 0) is 9.53 Å². The van der Waals surface area contributed by atoms with E-state index in [4.69, 9.17) is 4.74 Å². The highest BCUT2D eigenvalue weighted by molar-refractivity contribution is 9.10. The Labute approximate surface area is 127 Å². The maximum Gasteiger partial charge on any atom is 0.313 e. The summed E-state index contributed by atoms with van der Waals surface area (Å²) in [6.07, 6.45) is 0. The van der Waals surface area contributed by atoms with Crippen LogP contribution in [0.15, 0.2) is 16.6 Å². The summed E-state index contributed by atoms with van der Waals surface area (Å²) in [7, 11) is 0. The van der Waals surface area contributed by atoms with E-state index in [1.54, 1.807) is 0 Å². The lowest BCUT2D eigenvalue weighted by atomic mass is 9.85. The number of hydrogen-bond donors (Lipinski definition) is 2. The van der Waals surface area contributed by atoms with Crippen LogP contribution < -0.4 is 5.32 Å². The molecule has 0 saturated carbocycles. The van der Waals surface area contributed by atoms with Crippen molar-refractivity contribution in [3.05, 3.63) is 32.5 Å². The Kier molecular flexibility index (Phi) is 4.15. The van der Waals surface area contributed by atoms with E-state index in [9.17, 15) is 24.4 Å². The highest BCUT2D eigenvalue weighted by Gasteiger charge is 2.47. The van der Waals surface area contributed by atoms with Gasteiger partial charge in [0.05, 0.1) is 34.7 Å². The van der Waals surface area contributed by atoms with Gasteiger partial charge in [-0.1, -0.05) is 0 Å². The number of aliphatic carboxylic acids is 1. The van der Waals surface area contributed by atoms with Crippen LogP contribution in [0.2, 0.25) is 0 Å². The molecule has 9 heteroatoms. The third-order valence-corrected chi connectivity index (χ3v) is 4.12. The summed E-state index contributed by atoms with van der Waals surface area (Å²) in [6.45, 7) is 1.58. The first-order valence-corrected chi connectivity index (χ1v) is 6.76. The number of nitro groups is 1. The van der Waals surface area contributed by atoms with Gasteiger partial charge in [0, 0.05) is 0 Å². The summed E-state index contributed by atoms with van der Waals surface area (Å²) < 4.78 is 18.6. The second-order valence-electron chi connectivity index (χ2n) is 4.98. The molecule has 1 aromatic rings. The zero-order chi connectivity index (χ0) is 15.8. The first-order valence-electron chi connectivity index (χ1n) is 5.97. The summed E-state index contributed by atoms with van der Waals surface area (Å²) in [4.78, 5) is 21.6. The number of ether oxygens (including phenoxy) is 1. The van der Waals surface area contributed by atoms with Gasteiger partial charge in [-0.15, -0.1) is 0 Å². The highest BCUT2D eigenvalue weighted by atomic mass is 79.9. The first kappa shape index (κ1) is 15.6. The number of nitro benzene ring substituents is 1. The monoisotopic (exact) mass is 362 g/mol. The smallest absolute Gasteiger partial charge is 0.313 e. The fraction of sp³-hybridized carbons (Fsp3) is 0.417. The molecular weight excluding hydrogens is 351 g/mol. The molecule has 0 aromatic heterocycles. The van der Waals surface area contributed by atoms with Crippen molar-refractivity contribution in [2.24, 2.45) is 5.41 Å². The van der Waals surface area contributed by atoms with Gasteiger partial charge < -0.3 is 15.2 Å². The predicted octanol–water partition coefficient (Wildman–Crippen LogP) is 2.40. The second kappa shape index (κ2) is 5.57. The molecule has 0 amide bonds. The van der Waals surface area contributed by atoms with Gasteiger partial charge in [-0.25, -0.2) is 4.39 Å².